The first-order chi connectivity index (χ1) is 11.8. The van der Waals surface area contributed by atoms with E-state index >= 15 is 0 Å². The molecule has 0 aliphatic carbocycles. The fourth-order valence-corrected chi connectivity index (χ4v) is 2.23. The van der Waals surface area contributed by atoms with Crippen molar-refractivity contribution in [2.75, 3.05) is 12.4 Å². The highest BCUT2D eigenvalue weighted by Crippen LogP contribution is 2.15. The minimum atomic E-state index is -0.531. The molecule has 0 saturated carbocycles. The summed E-state index contributed by atoms with van der Waals surface area (Å²) in [7, 11) is 1.59. The minimum Gasteiger partial charge on any atom is -0.497 e. The van der Waals surface area contributed by atoms with Gasteiger partial charge < -0.3 is 21.1 Å². The van der Waals surface area contributed by atoms with Crippen LogP contribution in [0.3, 0.4) is 0 Å². The lowest BCUT2D eigenvalue weighted by Crippen LogP contribution is -2.44. The van der Waals surface area contributed by atoms with Crippen LogP contribution in [-0.2, 0) is 9.59 Å². The van der Waals surface area contributed by atoms with Gasteiger partial charge in [-0.25, -0.2) is 0 Å². The van der Waals surface area contributed by atoms with Gasteiger partial charge in [-0.15, -0.1) is 0 Å². The van der Waals surface area contributed by atoms with E-state index in [2.05, 4.69) is 24.5 Å². The lowest BCUT2D eigenvalue weighted by atomic mass is 10.0. The number of rotatable bonds is 9. The van der Waals surface area contributed by atoms with Crippen molar-refractivity contribution in [1.29, 1.82) is 0 Å². The first-order valence-corrected chi connectivity index (χ1v) is 8.54. The molecule has 138 valence electrons. The number of hydrogen-bond acceptors (Lipinski definition) is 4. The summed E-state index contributed by atoms with van der Waals surface area (Å²) in [6.45, 7) is 5.98. The van der Waals surface area contributed by atoms with Crippen molar-refractivity contribution in [2.24, 2.45) is 11.7 Å². The molecule has 0 fully saturated rings. The molecule has 0 aliphatic heterocycles. The van der Waals surface area contributed by atoms with Crippen molar-refractivity contribution in [2.45, 2.75) is 45.7 Å². The summed E-state index contributed by atoms with van der Waals surface area (Å²) in [6.07, 6.45) is 4.45. The third-order valence-electron chi connectivity index (χ3n) is 3.67. The number of methoxy groups -OCH3 is 1. The summed E-state index contributed by atoms with van der Waals surface area (Å²) in [6, 6.07) is 6.31. The number of ether oxygens (including phenoxy) is 1. The molecule has 0 aromatic heterocycles. The zero-order chi connectivity index (χ0) is 18.8. The standard InChI is InChI=1S/C19H29N3O3/c1-5-17(20)19(24)22-15(12-13(2)3)8-11-18(23)21-14-6-9-16(25-4)10-7-14/h6-11,13,15,17H,5,12,20H2,1-4H3,(H,21,23)(H,22,24)/t15-,17+/m1/s1. The molecule has 0 bridgehead atoms. The topological polar surface area (TPSA) is 93.5 Å². The Hall–Kier alpha value is -2.34. The molecule has 4 N–H and O–H groups in total. The lowest BCUT2D eigenvalue weighted by Gasteiger charge is -2.19. The van der Waals surface area contributed by atoms with Gasteiger partial charge in [0.2, 0.25) is 11.8 Å². The largest absolute Gasteiger partial charge is 0.497 e. The molecule has 0 spiro atoms. The number of carbonyl (C=O) groups is 2. The highest BCUT2D eigenvalue weighted by molar-refractivity contribution is 5.99. The van der Waals surface area contributed by atoms with Gasteiger partial charge in [0.05, 0.1) is 13.2 Å². The van der Waals surface area contributed by atoms with Crippen LogP contribution in [0.2, 0.25) is 0 Å². The van der Waals surface area contributed by atoms with Crippen LogP contribution >= 0.6 is 0 Å². The first-order valence-electron chi connectivity index (χ1n) is 8.54. The molecule has 6 heteroatoms. The molecule has 0 saturated heterocycles. The Kier molecular flexibility index (Phi) is 8.70. The van der Waals surface area contributed by atoms with Crippen molar-refractivity contribution in [3.05, 3.63) is 36.4 Å². The van der Waals surface area contributed by atoms with Crippen LogP contribution in [0.4, 0.5) is 5.69 Å². The molecule has 0 radical (unpaired) electrons. The normalized spacial score (nSPS) is 13.5. The van der Waals surface area contributed by atoms with Gasteiger partial charge in [0, 0.05) is 17.8 Å². The van der Waals surface area contributed by atoms with Crippen LogP contribution in [0.5, 0.6) is 5.75 Å². The molecule has 0 heterocycles. The van der Waals surface area contributed by atoms with Crippen LogP contribution in [0.15, 0.2) is 36.4 Å². The summed E-state index contributed by atoms with van der Waals surface area (Å²) >= 11 is 0. The molecule has 2 atom stereocenters. The molecule has 1 aromatic carbocycles. The van der Waals surface area contributed by atoms with Gasteiger partial charge in [0.1, 0.15) is 5.75 Å². The predicted octanol–water partition coefficient (Wildman–Crippen LogP) is 2.46. The zero-order valence-corrected chi connectivity index (χ0v) is 15.4. The monoisotopic (exact) mass is 347 g/mol. The third kappa shape index (κ3) is 7.85. The van der Waals surface area contributed by atoms with E-state index in [-0.39, 0.29) is 17.9 Å². The van der Waals surface area contributed by atoms with E-state index < -0.39 is 6.04 Å². The van der Waals surface area contributed by atoms with E-state index in [1.807, 2.05) is 6.92 Å². The van der Waals surface area contributed by atoms with E-state index in [4.69, 9.17) is 10.5 Å². The zero-order valence-electron chi connectivity index (χ0n) is 15.4. The SMILES string of the molecule is CC[C@H](N)C(=O)N[C@H](C=CC(=O)Nc1ccc(OC)cc1)CC(C)C. The van der Waals surface area contributed by atoms with E-state index in [1.165, 1.54) is 6.08 Å². The maximum atomic E-state index is 12.1. The van der Waals surface area contributed by atoms with Crippen molar-refractivity contribution in [1.82, 2.24) is 5.32 Å². The average molecular weight is 347 g/mol. The molecule has 1 aromatic rings. The maximum Gasteiger partial charge on any atom is 0.248 e. The van der Waals surface area contributed by atoms with E-state index in [0.29, 0.717) is 18.0 Å². The smallest absolute Gasteiger partial charge is 0.248 e. The van der Waals surface area contributed by atoms with Crippen molar-refractivity contribution in [3.63, 3.8) is 0 Å². The fraction of sp³-hybridized carbons (Fsp3) is 0.474. The van der Waals surface area contributed by atoms with E-state index in [1.54, 1.807) is 37.5 Å². The second-order valence-electron chi connectivity index (χ2n) is 6.34. The van der Waals surface area contributed by atoms with Crippen molar-refractivity contribution in [3.8, 4) is 5.75 Å². The third-order valence-corrected chi connectivity index (χ3v) is 3.67. The summed E-state index contributed by atoms with van der Waals surface area (Å²) in [5.41, 5.74) is 6.43. The Bertz CT molecular complexity index is 582. The van der Waals surface area contributed by atoms with Crippen molar-refractivity contribution >= 4 is 17.5 Å². The van der Waals surface area contributed by atoms with Crippen molar-refractivity contribution < 1.29 is 14.3 Å². The second kappa shape index (κ2) is 10.5. The predicted molar refractivity (Wildman–Crippen MR) is 100 cm³/mol. The van der Waals surface area contributed by atoms with Crippen LogP contribution in [-0.4, -0.2) is 31.0 Å². The van der Waals surface area contributed by atoms with Gasteiger partial charge in [0.15, 0.2) is 0 Å². The van der Waals surface area contributed by atoms with Gasteiger partial charge in [0.25, 0.3) is 0 Å². The highest BCUT2D eigenvalue weighted by Gasteiger charge is 2.16. The average Bonchev–Trinajstić information content (AvgIpc) is 2.59. The summed E-state index contributed by atoms with van der Waals surface area (Å²) in [5.74, 6) is 0.638. The van der Waals surface area contributed by atoms with E-state index in [9.17, 15) is 9.59 Å². The van der Waals surface area contributed by atoms with E-state index in [0.717, 1.165) is 12.2 Å². The number of hydrogen-bond donors (Lipinski definition) is 3. The Morgan fingerprint density at radius 2 is 1.88 bits per heavy atom. The number of benzene rings is 1. The highest BCUT2D eigenvalue weighted by atomic mass is 16.5. The number of carbonyl (C=O) groups excluding carboxylic acids is 2. The van der Waals surface area contributed by atoms with Gasteiger partial charge in [-0.2, -0.15) is 0 Å². The Labute approximate surface area is 149 Å². The lowest BCUT2D eigenvalue weighted by molar-refractivity contribution is -0.123. The molecule has 0 aliphatic rings. The van der Waals surface area contributed by atoms with Gasteiger partial charge in [-0.05, 0) is 43.0 Å². The van der Waals surface area contributed by atoms with Crippen LogP contribution < -0.4 is 21.1 Å². The fourth-order valence-electron chi connectivity index (χ4n) is 2.23. The van der Waals surface area contributed by atoms with Gasteiger partial charge >= 0.3 is 0 Å². The summed E-state index contributed by atoms with van der Waals surface area (Å²) < 4.78 is 5.08. The molecule has 0 unspecified atom stereocenters. The Balaban J connectivity index is 2.66. The van der Waals surface area contributed by atoms with Crippen LogP contribution in [0, 0.1) is 5.92 Å². The summed E-state index contributed by atoms with van der Waals surface area (Å²) in [5, 5.41) is 5.66. The molecule has 25 heavy (non-hydrogen) atoms. The number of amides is 2. The Morgan fingerprint density at radius 3 is 2.40 bits per heavy atom. The Morgan fingerprint density at radius 1 is 1.24 bits per heavy atom. The second-order valence-corrected chi connectivity index (χ2v) is 6.34. The van der Waals surface area contributed by atoms with Gasteiger partial charge in [-0.3, -0.25) is 9.59 Å². The maximum absolute atomic E-state index is 12.1. The molecular weight excluding hydrogens is 318 g/mol. The van der Waals surface area contributed by atoms with Gasteiger partial charge in [-0.1, -0.05) is 26.8 Å². The molecule has 2 amide bonds. The number of nitrogens with one attached hydrogen (secondary N) is 2. The molecule has 1 rings (SSSR count). The number of nitrogens with two attached hydrogens (primary N) is 1. The first kappa shape index (κ1) is 20.7. The van der Waals surface area contributed by atoms with Crippen LogP contribution in [0.25, 0.3) is 0 Å². The molecule has 6 nitrogen and oxygen atoms in total. The quantitative estimate of drug-likeness (QED) is 0.598. The summed E-state index contributed by atoms with van der Waals surface area (Å²) in [4.78, 5) is 24.0. The molecular formula is C19H29N3O3. The minimum absolute atomic E-state index is 0.201. The van der Waals surface area contributed by atoms with Crippen LogP contribution in [0.1, 0.15) is 33.6 Å². The number of anilines is 1.